The molecular weight excluding hydrogens is 316 g/mol. The van der Waals surface area contributed by atoms with Gasteiger partial charge in [0.15, 0.2) is 0 Å². The molecule has 0 radical (unpaired) electrons. The highest BCUT2D eigenvalue weighted by molar-refractivity contribution is 5.88. The van der Waals surface area contributed by atoms with Gasteiger partial charge in [-0.1, -0.05) is 18.9 Å². The van der Waals surface area contributed by atoms with E-state index in [1.807, 2.05) is 23.1 Å². The zero-order valence-corrected chi connectivity index (χ0v) is 14.6. The van der Waals surface area contributed by atoms with E-state index in [1.165, 1.54) is 0 Å². The Morgan fingerprint density at radius 2 is 2.04 bits per heavy atom. The number of nitrogens with one attached hydrogen (secondary N) is 1. The molecule has 3 atom stereocenters. The number of piperazine rings is 1. The molecule has 0 aromatic carbocycles. The van der Waals surface area contributed by atoms with Gasteiger partial charge in [-0.15, -0.1) is 0 Å². The molecule has 2 amide bonds. The highest BCUT2D eigenvalue weighted by Crippen LogP contribution is 2.29. The largest absolute Gasteiger partial charge is 0.356 e. The Morgan fingerprint density at radius 1 is 1.16 bits per heavy atom. The summed E-state index contributed by atoms with van der Waals surface area (Å²) in [5.74, 6) is 1.05. The number of aromatic nitrogens is 1. The molecule has 3 unspecified atom stereocenters. The minimum absolute atomic E-state index is 0.00566. The van der Waals surface area contributed by atoms with Crippen molar-refractivity contribution in [2.45, 2.75) is 50.6 Å². The summed E-state index contributed by atoms with van der Waals surface area (Å²) >= 11 is 0. The Hall–Kier alpha value is -2.11. The third kappa shape index (κ3) is 3.34. The van der Waals surface area contributed by atoms with Crippen LogP contribution < -0.4 is 10.2 Å². The fourth-order valence-electron chi connectivity index (χ4n) is 4.58. The number of pyridine rings is 1. The van der Waals surface area contributed by atoms with Crippen LogP contribution in [0.5, 0.6) is 0 Å². The smallest absolute Gasteiger partial charge is 0.239 e. The molecule has 1 N–H and O–H groups in total. The molecule has 6 nitrogen and oxygen atoms in total. The van der Waals surface area contributed by atoms with Crippen molar-refractivity contribution in [3.8, 4) is 0 Å². The summed E-state index contributed by atoms with van der Waals surface area (Å²) in [5, 5.41) is 3.09. The molecule has 4 rings (SSSR count). The highest BCUT2D eigenvalue weighted by Gasteiger charge is 2.41. The van der Waals surface area contributed by atoms with Crippen LogP contribution in [0.4, 0.5) is 5.82 Å². The van der Waals surface area contributed by atoms with E-state index in [0.29, 0.717) is 6.54 Å². The lowest BCUT2D eigenvalue weighted by Gasteiger charge is -2.46. The summed E-state index contributed by atoms with van der Waals surface area (Å²) in [5.41, 5.74) is 0. The molecule has 3 heterocycles. The van der Waals surface area contributed by atoms with E-state index >= 15 is 0 Å². The van der Waals surface area contributed by atoms with Crippen molar-refractivity contribution in [3.63, 3.8) is 0 Å². The molecule has 0 spiro atoms. The van der Waals surface area contributed by atoms with Crippen LogP contribution in [0.2, 0.25) is 0 Å². The van der Waals surface area contributed by atoms with Crippen LogP contribution in [0, 0.1) is 5.92 Å². The number of fused-ring (bicyclic) bond motifs is 1. The van der Waals surface area contributed by atoms with Crippen LogP contribution in [0.15, 0.2) is 24.4 Å². The van der Waals surface area contributed by atoms with Crippen LogP contribution in [0.25, 0.3) is 0 Å². The van der Waals surface area contributed by atoms with Gasteiger partial charge in [-0.25, -0.2) is 4.98 Å². The zero-order valence-electron chi connectivity index (χ0n) is 14.6. The number of anilines is 1. The number of carbonyl (C=O) groups is 2. The van der Waals surface area contributed by atoms with Crippen molar-refractivity contribution >= 4 is 17.6 Å². The molecule has 3 aliphatic rings. The lowest BCUT2D eigenvalue weighted by Crippen LogP contribution is -2.64. The fourth-order valence-corrected chi connectivity index (χ4v) is 4.58. The van der Waals surface area contributed by atoms with Crippen molar-refractivity contribution in [2.24, 2.45) is 5.92 Å². The minimum atomic E-state index is -0.0377. The second kappa shape index (κ2) is 7.02. The SMILES string of the molecule is O=C1CN(C(=O)C2CCCN(c3ccccn3)C2)C2CCCCC2N1. The maximum atomic E-state index is 13.2. The highest BCUT2D eigenvalue weighted by atomic mass is 16.2. The molecule has 1 saturated carbocycles. The lowest BCUT2D eigenvalue weighted by molar-refractivity contribution is -0.147. The van der Waals surface area contributed by atoms with E-state index in [9.17, 15) is 9.59 Å². The van der Waals surface area contributed by atoms with Gasteiger partial charge in [0.1, 0.15) is 5.82 Å². The van der Waals surface area contributed by atoms with Crippen molar-refractivity contribution in [1.29, 1.82) is 0 Å². The molecule has 0 bridgehead atoms. The normalized spacial score (nSPS) is 29.8. The third-order valence-electron chi connectivity index (χ3n) is 5.82. The lowest BCUT2D eigenvalue weighted by atomic mass is 9.86. The number of piperidine rings is 1. The second-order valence-electron chi connectivity index (χ2n) is 7.47. The number of amides is 2. The maximum Gasteiger partial charge on any atom is 0.239 e. The number of hydrogen-bond acceptors (Lipinski definition) is 4. The van der Waals surface area contributed by atoms with Gasteiger partial charge in [-0.3, -0.25) is 9.59 Å². The third-order valence-corrected chi connectivity index (χ3v) is 5.82. The zero-order chi connectivity index (χ0) is 17.2. The first kappa shape index (κ1) is 16.4. The standard InChI is InChI=1S/C19H26N4O2/c24-18-13-23(16-8-2-1-7-15(16)21-18)19(25)14-6-5-11-22(12-14)17-9-3-4-10-20-17/h3-4,9-10,14-16H,1-2,5-8,11-13H2,(H,21,24). The van der Waals surface area contributed by atoms with E-state index in [2.05, 4.69) is 15.2 Å². The summed E-state index contributed by atoms with van der Waals surface area (Å²) in [6.45, 7) is 1.86. The van der Waals surface area contributed by atoms with Crippen molar-refractivity contribution in [2.75, 3.05) is 24.5 Å². The Labute approximate surface area is 148 Å². The monoisotopic (exact) mass is 342 g/mol. The van der Waals surface area contributed by atoms with Crippen LogP contribution in [0.3, 0.4) is 0 Å². The number of carbonyl (C=O) groups excluding carboxylic acids is 2. The number of nitrogens with zero attached hydrogens (tertiary/aromatic N) is 3. The predicted molar refractivity (Wildman–Crippen MR) is 95.1 cm³/mol. The van der Waals surface area contributed by atoms with E-state index in [0.717, 1.165) is 50.9 Å². The van der Waals surface area contributed by atoms with Crippen LogP contribution in [-0.2, 0) is 9.59 Å². The molecule has 1 aromatic rings. The van der Waals surface area contributed by atoms with Crippen LogP contribution in [-0.4, -0.2) is 53.4 Å². The van der Waals surface area contributed by atoms with Gasteiger partial charge >= 0.3 is 0 Å². The van der Waals surface area contributed by atoms with Gasteiger partial charge in [0.2, 0.25) is 11.8 Å². The van der Waals surface area contributed by atoms with Crippen molar-refractivity contribution in [3.05, 3.63) is 24.4 Å². The summed E-state index contributed by atoms with van der Waals surface area (Å²) < 4.78 is 0. The van der Waals surface area contributed by atoms with Gasteiger partial charge in [0.25, 0.3) is 0 Å². The van der Waals surface area contributed by atoms with E-state index in [-0.39, 0.29) is 36.4 Å². The molecule has 2 saturated heterocycles. The topological polar surface area (TPSA) is 65.5 Å². The quantitative estimate of drug-likeness (QED) is 0.886. The number of rotatable bonds is 2. The predicted octanol–water partition coefficient (Wildman–Crippen LogP) is 1.57. The summed E-state index contributed by atoms with van der Waals surface area (Å²) in [4.78, 5) is 33.8. The van der Waals surface area contributed by atoms with E-state index in [1.54, 1.807) is 6.20 Å². The fraction of sp³-hybridized carbons (Fsp3) is 0.632. The molecule has 134 valence electrons. The Balaban J connectivity index is 1.48. The first-order valence-corrected chi connectivity index (χ1v) is 9.48. The molecule has 2 aliphatic heterocycles. The minimum Gasteiger partial charge on any atom is -0.356 e. The Kier molecular flexibility index (Phi) is 4.59. The van der Waals surface area contributed by atoms with Gasteiger partial charge in [0, 0.05) is 25.3 Å². The number of hydrogen-bond donors (Lipinski definition) is 1. The van der Waals surface area contributed by atoms with Crippen molar-refractivity contribution < 1.29 is 9.59 Å². The molecule has 25 heavy (non-hydrogen) atoms. The second-order valence-corrected chi connectivity index (χ2v) is 7.47. The Bertz CT molecular complexity index is 636. The summed E-state index contributed by atoms with van der Waals surface area (Å²) in [6.07, 6.45) is 7.96. The van der Waals surface area contributed by atoms with Gasteiger partial charge in [0.05, 0.1) is 18.5 Å². The van der Waals surface area contributed by atoms with Crippen LogP contribution in [0.1, 0.15) is 38.5 Å². The molecule has 6 heteroatoms. The van der Waals surface area contributed by atoms with Gasteiger partial charge in [-0.05, 0) is 37.8 Å². The van der Waals surface area contributed by atoms with E-state index < -0.39 is 0 Å². The molecule has 1 aromatic heterocycles. The summed E-state index contributed by atoms with van der Waals surface area (Å²) in [7, 11) is 0. The molecular formula is C19H26N4O2. The molecule has 1 aliphatic carbocycles. The van der Waals surface area contributed by atoms with Crippen molar-refractivity contribution in [1.82, 2.24) is 15.2 Å². The average molecular weight is 342 g/mol. The van der Waals surface area contributed by atoms with Crippen LogP contribution >= 0.6 is 0 Å². The first-order valence-electron chi connectivity index (χ1n) is 9.48. The maximum absolute atomic E-state index is 13.2. The molecule has 3 fully saturated rings. The van der Waals surface area contributed by atoms with E-state index in [4.69, 9.17) is 0 Å². The summed E-state index contributed by atoms with van der Waals surface area (Å²) in [6, 6.07) is 6.22. The van der Waals surface area contributed by atoms with Gasteiger partial charge < -0.3 is 15.1 Å². The average Bonchev–Trinajstić information content (AvgIpc) is 2.67. The first-order chi connectivity index (χ1) is 12.2. The van der Waals surface area contributed by atoms with Gasteiger partial charge in [-0.2, -0.15) is 0 Å². The Morgan fingerprint density at radius 3 is 2.88 bits per heavy atom.